The van der Waals surface area contributed by atoms with E-state index >= 15 is 0 Å². The fourth-order valence-corrected chi connectivity index (χ4v) is 3.53. The molecule has 1 aliphatic heterocycles. The van der Waals surface area contributed by atoms with Gasteiger partial charge in [0.05, 0.1) is 24.3 Å². The minimum absolute atomic E-state index is 0.148. The Kier molecular flexibility index (Phi) is 5.61. The number of carbonyl (C=O) groups excluding carboxylic acids is 2. The van der Waals surface area contributed by atoms with Crippen molar-refractivity contribution in [1.82, 2.24) is 0 Å². The molecular weight excluding hydrogens is 376 g/mol. The van der Waals surface area contributed by atoms with Gasteiger partial charge in [-0.05, 0) is 36.2 Å². The summed E-state index contributed by atoms with van der Waals surface area (Å²) in [6, 6.07) is 25.0. The number of anilines is 2. The highest BCUT2D eigenvalue weighted by Gasteiger charge is 2.28. The molecule has 0 saturated carbocycles. The quantitative estimate of drug-likeness (QED) is 0.466. The molecule has 1 heterocycles. The van der Waals surface area contributed by atoms with Crippen molar-refractivity contribution in [2.45, 2.75) is 13.3 Å². The average molecular weight is 398 g/mol. The van der Waals surface area contributed by atoms with Crippen molar-refractivity contribution in [2.75, 3.05) is 17.2 Å². The number of carbonyl (C=O) groups is 2. The lowest BCUT2D eigenvalue weighted by Gasteiger charge is -2.15. The first-order valence-corrected chi connectivity index (χ1v) is 9.87. The topological polar surface area (TPSA) is 67.4 Å². The van der Waals surface area contributed by atoms with E-state index in [0.29, 0.717) is 17.9 Å². The van der Waals surface area contributed by atoms with Crippen LogP contribution in [0.3, 0.4) is 0 Å². The number of nitrogens with one attached hydrogen (secondary N) is 2. The zero-order chi connectivity index (χ0) is 20.9. The molecule has 0 saturated heterocycles. The normalized spacial score (nSPS) is 14.0. The zero-order valence-corrected chi connectivity index (χ0v) is 16.6. The lowest BCUT2D eigenvalue weighted by Crippen LogP contribution is -2.11. The molecule has 30 heavy (non-hydrogen) atoms. The van der Waals surface area contributed by atoms with Gasteiger partial charge >= 0.3 is 5.97 Å². The Morgan fingerprint density at radius 2 is 1.73 bits per heavy atom. The van der Waals surface area contributed by atoms with Gasteiger partial charge in [0.25, 0.3) is 5.91 Å². The fourth-order valence-electron chi connectivity index (χ4n) is 3.53. The Balaban J connectivity index is 1.75. The minimum atomic E-state index is -0.264. The number of benzene rings is 3. The predicted molar refractivity (Wildman–Crippen MR) is 119 cm³/mol. The van der Waals surface area contributed by atoms with Gasteiger partial charge in [0.2, 0.25) is 0 Å². The van der Waals surface area contributed by atoms with Crippen molar-refractivity contribution >= 4 is 34.5 Å². The first kappa shape index (κ1) is 19.5. The highest BCUT2D eigenvalue weighted by Crippen LogP contribution is 2.37. The molecule has 0 bridgehead atoms. The Labute approximate surface area is 175 Å². The summed E-state index contributed by atoms with van der Waals surface area (Å²) in [6.45, 7) is 2.15. The van der Waals surface area contributed by atoms with E-state index < -0.39 is 0 Å². The lowest BCUT2D eigenvalue weighted by molar-refractivity contribution is -0.142. The Morgan fingerprint density at radius 3 is 2.53 bits per heavy atom. The number of para-hydroxylation sites is 1. The van der Waals surface area contributed by atoms with Crippen LogP contribution in [-0.4, -0.2) is 18.5 Å². The summed E-state index contributed by atoms with van der Waals surface area (Å²) in [6.07, 6.45) is 0.198. The van der Waals surface area contributed by atoms with Crippen LogP contribution in [0.4, 0.5) is 11.4 Å². The molecule has 0 aliphatic carbocycles. The maximum atomic E-state index is 12.9. The second-order valence-electron chi connectivity index (χ2n) is 6.92. The van der Waals surface area contributed by atoms with E-state index in [1.807, 2.05) is 78.9 Å². The summed E-state index contributed by atoms with van der Waals surface area (Å²) in [5.74, 6) is -0.411. The van der Waals surface area contributed by atoms with Crippen LogP contribution in [0, 0.1) is 0 Å². The number of fused-ring (bicyclic) bond motifs is 1. The molecule has 4 rings (SSSR count). The molecule has 5 heteroatoms. The third-order valence-electron chi connectivity index (χ3n) is 4.83. The molecule has 0 spiro atoms. The molecule has 0 fully saturated rings. The van der Waals surface area contributed by atoms with Gasteiger partial charge < -0.3 is 15.4 Å². The number of hydrogen-bond acceptors (Lipinski definition) is 4. The van der Waals surface area contributed by atoms with Crippen LogP contribution in [0.25, 0.3) is 11.3 Å². The fraction of sp³-hybridized carbons (Fsp3) is 0.120. The highest BCUT2D eigenvalue weighted by atomic mass is 16.5. The predicted octanol–water partition coefficient (Wildman–Crippen LogP) is 4.72. The summed E-state index contributed by atoms with van der Waals surface area (Å²) in [5, 5.41) is 6.36. The Morgan fingerprint density at radius 1 is 0.967 bits per heavy atom. The average Bonchev–Trinajstić information content (AvgIpc) is 3.08. The number of amides is 1. The van der Waals surface area contributed by atoms with Crippen LogP contribution in [0.15, 0.2) is 78.9 Å². The summed E-state index contributed by atoms with van der Waals surface area (Å²) in [5.41, 5.74) is 5.49. The van der Waals surface area contributed by atoms with E-state index in [0.717, 1.165) is 28.1 Å². The molecule has 150 valence electrons. The van der Waals surface area contributed by atoms with Crippen LogP contribution < -0.4 is 10.6 Å². The van der Waals surface area contributed by atoms with Crippen LogP contribution in [0.2, 0.25) is 0 Å². The third kappa shape index (κ3) is 4.10. The summed E-state index contributed by atoms with van der Waals surface area (Å²) >= 11 is 0. The smallest absolute Gasteiger partial charge is 0.310 e. The van der Waals surface area contributed by atoms with Gasteiger partial charge in [0.15, 0.2) is 0 Å². The van der Waals surface area contributed by atoms with E-state index in [-0.39, 0.29) is 18.3 Å². The minimum Gasteiger partial charge on any atom is -0.466 e. The molecular formula is C25H22N2O3. The van der Waals surface area contributed by atoms with Crippen molar-refractivity contribution in [3.8, 4) is 0 Å². The molecule has 3 aromatic rings. The van der Waals surface area contributed by atoms with Crippen LogP contribution in [0.5, 0.6) is 0 Å². The van der Waals surface area contributed by atoms with Crippen molar-refractivity contribution in [1.29, 1.82) is 0 Å². The van der Waals surface area contributed by atoms with E-state index in [9.17, 15) is 9.59 Å². The van der Waals surface area contributed by atoms with Crippen LogP contribution in [0.1, 0.15) is 23.6 Å². The lowest BCUT2D eigenvalue weighted by atomic mass is 10.00. The molecule has 5 nitrogen and oxygen atoms in total. The first-order valence-electron chi connectivity index (χ1n) is 9.87. The van der Waals surface area contributed by atoms with Gasteiger partial charge in [-0.3, -0.25) is 9.59 Å². The van der Waals surface area contributed by atoms with Crippen LogP contribution in [-0.2, 0) is 20.7 Å². The Hall–Kier alpha value is -3.86. The van der Waals surface area contributed by atoms with Gasteiger partial charge in [-0.15, -0.1) is 0 Å². The number of ether oxygens (including phenoxy) is 1. The molecule has 0 radical (unpaired) electrons. The molecule has 1 aliphatic rings. The second-order valence-corrected chi connectivity index (χ2v) is 6.92. The molecule has 1 amide bonds. The van der Waals surface area contributed by atoms with Crippen molar-refractivity contribution in [3.63, 3.8) is 0 Å². The van der Waals surface area contributed by atoms with E-state index in [1.165, 1.54) is 0 Å². The number of hydrogen-bond donors (Lipinski definition) is 2. The Bertz CT molecular complexity index is 1120. The van der Waals surface area contributed by atoms with Gasteiger partial charge in [0, 0.05) is 16.9 Å². The van der Waals surface area contributed by atoms with E-state index in [1.54, 1.807) is 6.92 Å². The highest BCUT2D eigenvalue weighted by molar-refractivity contribution is 6.37. The molecule has 2 N–H and O–H groups in total. The zero-order valence-electron chi connectivity index (χ0n) is 16.6. The first-order chi connectivity index (χ1) is 14.7. The van der Waals surface area contributed by atoms with Gasteiger partial charge in [-0.1, -0.05) is 60.7 Å². The SMILES string of the molecule is CCOC(=O)Cc1cccc(N/C(=C2\C(=O)Nc3ccccc32)c2ccccc2)c1. The monoisotopic (exact) mass is 398 g/mol. The maximum Gasteiger partial charge on any atom is 0.310 e. The van der Waals surface area contributed by atoms with Gasteiger partial charge in [-0.25, -0.2) is 0 Å². The third-order valence-corrected chi connectivity index (χ3v) is 4.83. The van der Waals surface area contributed by atoms with Crippen molar-refractivity contribution in [3.05, 3.63) is 95.6 Å². The molecule has 0 aromatic heterocycles. The van der Waals surface area contributed by atoms with Gasteiger partial charge in [0.1, 0.15) is 0 Å². The molecule has 3 aromatic carbocycles. The summed E-state index contributed by atoms with van der Waals surface area (Å²) < 4.78 is 5.05. The maximum absolute atomic E-state index is 12.9. The summed E-state index contributed by atoms with van der Waals surface area (Å²) in [7, 11) is 0. The number of rotatable bonds is 6. The van der Waals surface area contributed by atoms with Crippen molar-refractivity contribution in [2.24, 2.45) is 0 Å². The molecule has 0 unspecified atom stereocenters. The second kappa shape index (κ2) is 8.66. The molecule has 0 atom stereocenters. The van der Waals surface area contributed by atoms with Gasteiger partial charge in [-0.2, -0.15) is 0 Å². The van der Waals surface area contributed by atoms with Crippen molar-refractivity contribution < 1.29 is 14.3 Å². The van der Waals surface area contributed by atoms with Crippen LogP contribution >= 0.6 is 0 Å². The largest absolute Gasteiger partial charge is 0.466 e. The van der Waals surface area contributed by atoms with E-state index in [2.05, 4.69) is 10.6 Å². The number of esters is 1. The summed E-state index contributed by atoms with van der Waals surface area (Å²) in [4.78, 5) is 24.7. The van der Waals surface area contributed by atoms with E-state index in [4.69, 9.17) is 4.74 Å². The standard InChI is InChI=1S/C25H22N2O3/c1-2-30-22(28)16-17-9-8-12-19(15-17)26-24(18-10-4-3-5-11-18)23-20-13-6-7-14-21(20)27-25(23)29/h3-15,26H,2,16H2,1H3,(H,27,29)/b24-23-.